The van der Waals surface area contributed by atoms with Gasteiger partial charge < -0.3 is 4.74 Å². The molecule has 0 saturated heterocycles. The molecule has 1 amide bonds. The number of thiophene rings is 1. The van der Waals surface area contributed by atoms with E-state index in [9.17, 15) is 9.59 Å². The molecule has 0 fully saturated rings. The molecule has 1 N–H and O–H groups in total. The molecule has 0 aliphatic heterocycles. The number of carbonyl (C=O) groups is 2. The van der Waals surface area contributed by atoms with E-state index in [2.05, 4.69) is 15.3 Å². The van der Waals surface area contributed by atoms with E-state index in [1.54, 1.807) is 18.3 Å². The Morgan fingerprint density at radius 3 is 2.75 bits per heavy atom. The van der Waals surface area contributed by atoms with Gasteiger partial charge in [0, 0.05) is 16.3 Å². The second kappa shape index (κ2) is 7.20. The lowest BCUT2D eigenvalue weighted by Gasteiger charge is -2.03. The summed E-state index contributed by atoms with van der Waals surface area (Å²) in [6.07, 6.45) is 0. The number of thiazole rings is 2. The van der Waals surface area contributed by atoms with Crippen molar-refractivity contribution in [2.24, 2.45) is 0 Å². The molecule has 0 bridgehead atoms. The first-order valence-corrected chi connectivity index (χ1v) is 9.56. The first kappa shape index (κ1) is 16.7. The molecular weight excluding hydrogens is 366 g/mol. The first-order valence-electron chi connectivity index (χ1n) is 6.92. The summed E-state index contributed by atoms with van der Waals surface area (Å²) in [6.45, 7) is 3.23. The molecule has 0 aliphatic rings. The Hall–Kier alpha value is -2.10. The maximum Gasteiger partial charge on any atom is 0.350 e. The van der Waals surface area contributed by atoms with Gasteiger partial charge in [0.05, 0.1) is 11.4 Å². The molecule has 0 saturated carbocycles. The minimum atomic E-state index is -0.544. The van der Waals surface area contributed by atoms with E-state index in [0.29, 0.717) is 15.7 Å². The predicted octanol–water partition coefficient (Wildman–Crippen LogP) is 3.74. The number of carbonyl (C=O) groups excluding carboxylic acids is 2. The standard InChI is InChI=1S/C15H13N3O3S3/c1-8-6-23-15(16-8)18-11(19)5-21-14(20)12-9(2)17-13(24-12)10-3-4-22-7-10/h3-4,6-7H,5H2,1-2H3,(H,16,18,19). The summed E-state index contributed by atoms with van der Waals surface area (Å²) in [5, 5.41) is 9.60. The van der Waals surface area contributed by atoms with Crippen molar-refractivity contribution in [3.8, 4) is 10.6 Å². The van der Waals surface area contributed by atoms with Gasteiger partial charge in [-0.1, -0.05) is 0 Å². The SMILES string of the molecule is Cc1csc(NC(=O)COC(=O)c2sc(-c3ccsc3)nc2C)n1. The number of ether oxygens (including phenoxy) is 1. The van der Waals surface area contributed by atoms with Gasteiger partial charge in [-0.15, -0.1) is 22.7 Å². The van der Waals surface area contributed by atoms with E-state index >= 15 is 0 Å². The summed E-state index contributed by atoms with van der Waals surface area (Å²) in [5.41, 5.74) is 2.40. The van der Waals surface area contributed by atoms with Crippen molar-refractivity contribution >= 4 is 51.0 Å². The number of hydrogen-bond donors (Lipinski definition) is 1. The van der Waals surface area contributed by atoms with Gasteiger partial charge >= 0.3 is 5.97 Å². The molecule has 3 aromatic heterocycles. The van der Waals surface area contributed by atoms with Crippen LogP contribution in [-0.4, -0.2) is 28.5 Å². The minimum Gasteiger partial charge on any atom is -0.451 e. The molecule has 3 heterocycles. The highest BCUT2D eigenvalue weighted by Gasteiger charge is 2.19. The molecule has 0 unspecified atom stereocenters. The van der Waals surface area contributed by atoms with E-state index in [1.807, 2.05) is 29.1 Å². The fourth-order valence-corrected chi connectivity index (χ4v) is 4.23. The van der Waals surface area contributed by atoms with Crippen LogP contribution in [0.15, 0.2) is 22.2 Å². The van der Waals surface area contributed by atoms with Crippen LogP contribution < -0.4 is 5.32 Å². The molecule has 124 valence electrons. The fourth-order valence-electron chi connectivity index (χ4n) is 1.86. The van der Waals surface area contributed by atoms with Crippen LogP contribution in [-0.2, 0) is 9.53 Å². The van der Waals surface area contributed by atoms with Crippen molar-refractivity contribution in [3.05, 3.63) is 38.5 Å². The molecule has 3 rings (SSSR count). The predicted molar refractivity (Wildman–Crippen MR) is 95.9 cm³/mol. The van der Waals surface area contributed by atoms with Crippen molar-refractivity contribution < 1.29 is 14.3 Å². The molecule has 24 heavy (non-hydrogen) atoms. The molecule has 0 spiro atoms. The third-order valence-electron chi connectivity index (χ3n) is 2.95. The third-order valence-corrected chi connectivity index (χ3v) is 5.70. The summed E-state index contributed by atoms with van der Waals surface area (Å²) in [4.78, 5) is 32.9. The van der Waals surface area contributed by atoms with Crippen molar-refractivity contribution in [1.82, 2.24) is 9.97 Å². The van der Waals surface area contributed by atoms with Gasteiger partial charge in [-0.2, -0.15) is 11.3 Å². The lowest BCUT2D eigenvalue weighted by atomic mass is 10.3. The molecule has 0 aromatic carbocycles. The Morgan fingerprint density at radius 1 is 1.25 bits per heavy atom. The van der Waals surface area contributed by atoms with Crippen LogP contribution in [0.1, 0.15) is 21.1 Å². The van der Waals surface area contributed by atoms with E-state index < -0.39 is 11.9 Å². The highest BCUT2D eigenvalue weighted by atomic mass is 32.1. The van der Waals surface area contributed by atoms with E-state index in [1.165, 1.54) is 22.7 Å². The number of aryl methyl sites for hydroxylation is 2. The average molecular weight is 379 g/mol. The summed E-state index contributed by atoms with van der Waals surface area (Å²) in [5.74, 6) is -0.963. The average Bonchev–Trinajstić information content (AvgIpc) is 3.26. The van der Waals surface area contributed by atoms with Gasteiger partial charge in [0.2, 0.25) is 0 Å². The number of rotatable bonds is 5. The van der Waals surface area contributed by atoms with E-state index in [0.717, 1.165) is 16.3 Å². The van der Waals surface area contributed by atoms with Crippen molar-refractivity contribution in [3.63, 3.8) is 0 Å². The Bertz CT molecular complexity index is 868. The van der Waals surface area contributed by atoms with Crippen LogP contribution in [0.5, 0.6) is 0 Å². The Morgan fingerprint density at radius 2 is 2.08 bits per heavy atom. The van der Waals surface area contributed by atoms with Gasteiger partial charge in [-0.05, 0) is 25.3 Å². The number of nitrogens with zero attached hydrogens (tertiary/aromatic N) is 2. The normalized spacial score (nSPS) is 10.6. The molecule has 0 atom stereocenters. The Balaban J connectivity index is 1.60. The number of nitrogens with one attached hydrogen (secondary N) is 1. The Kier molecular flexibility index (Phi) is 5.03. The second-order valence-corrected chi connectivity index (χ2v) is 7.50. The lowest BCUT2D eigenvalue weighted by Crippen LogP contribution is -2.20. The summed E-state index contributed by atoms with van der Waals surface area (Å²) in [7, 11) is 0. The number of esters is 1. The van der Waals surface area contributed by atoms with Crippen molar-refractivity contribution in [1.29, 1.82) is 0 Å². The van der Waals surface area contributed by atoms with Crippen LogP contribution in [0.4, 0.5) is 5.13 Å². The first-order chi connectivity index (χ1) is 11.5. The Labute approximate surface area is 150 Å². The van der Waals surface area contributed by atoms with Crippen LogP contribution in [0.25, 0.3) is 10.6 Å². The zero-order chi connectivity index (χ0) is 17.1. The largest absolute Gasteiger partial charge is 0.451 e. The third kappa shape index (κ3) is 3.86. The monoisotopic (exact) mass is 379 g/mol. The van der Waals surface area contributed by atoms with Crippen molar-refractivity contribution in [2.75, 3.05) is 11.9 Å². The van der Waals surface area contributed by atoms with Crippen LogP contribution in [0, 0.1) is 13.8 Å². The second-order valence-electron chi connectivity index (χ2n) is 4.86. The molecule has 9 heteroatoms. The number of amides is 1. The summed E-state index contributed by atoms with van der Waals surface area (Å²) >= 11 is 4.15. The summed E-state index contributed by atoms with van der Waals surface area (Å²) < 4.78 is 5.08. The maximum atomic E-state index is 12.2. The van der Waals surface area contributed by atoms with Gasteiger partial charge in [0.15, 0.2) is 11.7 Å². The quantitative estimate of drug-likeness (QED) is 0.683. The van der Waals surface area contributed by atoms with Crippen molar-refractivity contribution in [2.45, 2.75) is 13.8 Å². The maximum absolute atomic E-state index is 12.2. The molecule has 0 aliphatic carbocycles. The highest BCUT2D eigenvalue weighted by molar-refractivity contribution is 7.17. The van der Waals surface area contributed by atoms with Gasteiger partial charge in [0.1, 0.15) is 9.88 Å². The number of hydrogen-bond acceptors (Lipinski definition) is 8. The fraction of sp³-hybridized carbons (Fsp3) is 0.200. The number of aromatic nitrogens is 2. The zero-order valence-corrected chi connectivity index (χ0v) is 15.3. The molecule has 0 radical (unpaired) electrons. The number of anilines is 1. The lowest BCUT2D eigenvalue weighted by molar-refractivity contribution is -0.119. The highest BCUT2D eigenvalue weighted by Crippen LogP contribution is 2.29. The van der Waals surface area contributed by atoms with Crippen LogP contribution in [0.3, 0.4) is 0 Å². The smallest absolute Gasteiger partial charge is 0.350 e. The molecule has 6 nitrogen and oxygen atoms in total. The molecule has 3 aromatic rings. The van der Waals surface area contributed by atoms with E-state index in [-0.39, 0.29) is 6.61 Å². The van der Waals surface area contributed by atoms with Crippen LogP contribution >= 0.6 is 34.0 Å². The topological polar surface area (TPSA) is 81.2 Å². The van der Waals surface area contributed by atoms with E-state index in [4.69, 9.17) is 4.74 Å². The zero-order valence-electron chi connectivity index (χ0n) is 12.9. The summed E-state index contributed by atoms with van der Waals surface area (Å²) in [6, 6.07) is 1.95. The van der Waals surface area contributed by atoms with Gasteiger partial charge in [-0.25, -0.2) is 14.8 Å². The van der Waals surface area contributed by atoms with Crippen LogP contribution in [0.2, 0.25) is 0 Å². The van der Waals surface area contributed by atoms with Gasteiger partial charge in [0.25, 0.3) is 5.91 Å². The van der Waals surface area contributed by atoms with Gasteiger partial charge in [-0.3, -0.25) is 10.1 Å². The minimum absolute atomic E-state index is 0.359. The molecular formula is C15H13N3O3S3.